The van der Waals surface area contributed by atoms with Gasteiger partial charge in [0, 0.05) is 4.43 Å². The molecular weight excluding hydrogens is 714 g/mol. The SMILES string of the molecule is CC(C)(C)OC(=O)NS(=O)(=O)C1(CC2CCC2)CC1.CC(C)(C)OC(=O)NS(=O)(=O)C1CC1.ICC1CCC1.[CH2-]CCC.[Li+]. The fourth-order valence-corrected chi connectivity index (χ4v) is 7.64. The van der Waals surface area contributed by atoms with Crippen LogP contribution in [0.15, 0.2) is 0 Å². The zero-order chi connectivity index (χ0) is 33.1. The summed E-state index contributed by atoms with van der Waals surface area (Å²) in [6, 6.07) is 0. The quantitative estimate of drug-likeness (QED) is 0.160. The number of alkyl halides is 1. The molecule has 0 atom stereocenters. The molecular formula is C30H56ILiN2O8S2. The van der Waals surface area contributed by atoms with E-state index in [0.717, 1.165) is 25.2 Å². The third-order valence-electron chi connectivity index (χ3n) is 7.26. The molecule has 4 aliphatic rings. The molecule has 44 heavy (non-hydrogen) atoms. The van der Waals surface area contributed by atoms with Crippen molar-refractivity contribution in [3.63, 3.8) is 0 Å². The van der Waals surface area contributed by atoms with E-state index in [4.69, 9.17) is 9.47 Å². The average Bonchev–Trinajstić information content (AvgIpc) is 3.67. The van der Waals surface area contributed by atoms with Crippen LogP contribution in [0.3, 0.4) is 0 Å². The van der Waals surface area contributed by atoms with Gasteiger partial charge >= 0.3 is 31.0 Å². The molecule has 4 aliphatic carbocycles. The fourth-order valence-electron chi connectivity index (χ4n) is 3.99. The minimum Gasteiger partial charge on any atom is -0.443 e. The van der Waals surface area contributed by atoms with Crippen LogP contribution in [0.25, 0.3) is 0 Å². The predicted octanol–water partition coefficient (Wildman–Crippen LogP) is 4.41. The topological polar surface area (TPSA) is 145 Å². The van der Waals surface area contributed by atoms with Crippen LogP contribution < -0.4 is 28.3 Å². The first-order valence-electron chi connectivity index (χ1n) is 15.5. The summed E-state index contributed by atoms with van der Waals surface area (Å²) in [5.41, 5.74) is -1.37. The second-order valence-corrected chi connectivity index (χ2v) is 18.9. The van der Waals surface area contributed by atoms with Crippen LogP contribution in [0.4, 0.5) is 9.59 Å². The number of carbonyl (C=O) groups excluding carboxylic acids is 2. The maximum absolute atomic E-state index is 12.3. The number of carbonyl (C=O) groups is 2. The molecule has 0 aromatic rings. The molecule has 4 saturated carbocycles. The third kappa shape index (κ3) is 17.6. The van der Waals surface area contributed by atoms with E-state index >= 15 is 0 Å². The van der Waals surface area contributed by atoms with Crippen LogP contribution in [0.2, 0.25) is 0 Å². The van der Waals surface area contributed by atoms with Crippen molar-refractivity contribution >= 4 is 54.8 Å². The van der Waals surface area contributed by atoms with Gasteiger partial charge in [-0.05, 0) is 98.3 Å². The summed E-state index contributed by atoms with van der Waals surface area (Å²) in [6.07, 6.45) is 11.7. The molecule has 10 nitrogen and oxygen atoms in total. The normalized spacial score (nSPS) is 19.2. The number of rotatable bonds is 8. The van der Waals surface area contributed by atoms with Gasteiger partial charge in [-0.1, -0.05) is 61.6 Å². The molecule has 0 aromatic heterocycles. The van der Waals surface area contributed by atoms with Gasteiger partial charge in [-0.25, -0.2) is 35.9 Å². The van der Waals surface area contributed by atoms with Crippen molar-refractivity contribution in [1.29, 1.82) is 0 Å². The zero-order valence-corrected chi connectivity index (χ0v) is 32.1. The second kappa shape index (κ2) is 18.9. The molecule has 0 aromatic carbocycles. The molecule has 0 unspecified atom stereocenters. The number of nitrogens with one attached hydrogen (secondary N) is 2. The molecule has 14 heteroatoms. The summed E-state index contributed by atoms with van der Waals surface area (Å²) in [6.45, 7) is 15.9. The van der Waals surface area contributed by atoms with Gasteiger partial charge in [-0.3, -0.25) is 0 Å². The Bertz CT molecular complexity index is 1080. The van der Waals surface area contributed by atoms with Crippen molar-refractivity contribution in [2.75, 3.05) is 4.43 Å². The average molecular weight is 771 g/mol. The Hall–Kier alpha value is -0.233. The second-order valence-electron chi connectivity index (χ2n) is 13.9. The molecule has 0 heterocycles. The van der Waals surface area contributed by atoms with E-state index in [1.807, 2.05) is 4.72 Å². The van der Waals surface area contributed by atoms with Crippen LogP contribution in [-0.2, 0) is 29.5 Å². The first kappa shape index (κ1) is 43.8. The van der Waals surface area contributed by atoms with E-state index in [1.165, 1.54) is 36.5 Å². The monoisotopic (exact) mass is 770 g/mol. The van der Waals surface area contributed by atoms with E-state index in [9.17, 15) is 26.4 Å². The van der Waals surface area contributed by atoms with E-state index in [1.54, 1.807) is 41.5 Å². The van der Waals surface area contributed by atoms with Gasteiger partial charge in [-0.2, -0.15) is 6.42 Å². The van der Waals surface area contributed by atoms with Gasteiger partial charge in [0.05, 0.1) is 10.00 Å². The Morgan fingerprint density at radius 2 is 1.23 bits per heavy atom. The van der Waals surface area contributed by atoms with Gasteiger partial charge in [0.1, 0.15) is 11.2 Å². The summed E-state index contributed by atoms with van der Waals surface area (Å²) >= 11 is 2.46. The van der Waals surface area contributed by atoms with Crippen LogP contribution in [0.5, 0.6) is 0 Å². The van der Waals surface area contributed by atoms with E-state index in [2.05, 4.69) is 41.2 Å². The number of hydrogen-bond donors (Lipinski definition) is 2. The number of hydrogen-bond acceptors (Lipinski definition) is 8. The summed E-state index contributed by atoms with van der Waals surface area (Å²) in [7, 11) is -7.10. The van der Waals surface area contributed by atoms with E-state index < -0.39 is 53.4 Å². The molecule has 2 N–H and O–H groups in total. The van der Waals surface area contributed by atoms with Crippen molar-refractivity contribution in [2.45, 2.75) is 153 Å². The summed E-state index contributed by atoms with van der Waals surface area (Å²) < 4.78 is 61.6. The molecule has 0 aliphatic heterocycles. The third-order valence-corrected chi connectivity index (χ3v) is 12.5. The van der Waals surface area contributed by atoms with Crippen molar-refractivity contribution in [1.82, 2.24) is 9.44 Å². The smallest absolute Gasteiger partial charge is 0.443 e. The first-order valence-corrected chi connectivity index (χ1v) is 20.1. The van der Waals surface area contributed by atoms with Gasteiger partial charge in [0.2, 0.25) is 20.0 Å². The number of unbranched alkanes of at least 4 members (excludes halogenated alkanes) is 1. The Morgan fingerprint density at radius 1 is 0.818 bits per heavy atom. The Morgan fingerprint density at radius 3 is 1.48 bits per heavy atom. The largest absolute Gasteiger partial charge is 1.00 e. The molecule has 0 radical (unpaired) electrons. The van der Waals surface area contributed by atoms with Crippen LogP contribution >= 0.6 is 22.6 Å². The van der Waals surface area contributed by atoms with Crippen molar-refractivity contribution in [2.24, 2.45) is 11.8 Å². The van der Waals surface area contributed by atoms with Gasteiger partial charge in [-0.15, -0.1) is 0 Å². The molecule has 4 fully saturated rings. The summed E-state index contributed by atoms with van der Waals surface area (Å²) in [5, 5.41) is -0.407. The number of halogens is 1. The zero-order valence-electron chi connectivity index (χ0n) is 28.3. The molecule has 2 amide bonds. The maximum Gasteiger partial charge on any atom is 1.00 e. The molecule has 0 saturated heterocycles. The minimum atomic E-state index is -3.62. The maximum atomic E-state index is 12.3. The van der Waals surface area contributed by atoms with Gasteiger partial charge < -0.3 is 16.4 Å². The Balaban J connectivity index is 0.000000645. The Labute approximate surface area is 293 Å². The van der Waals surface area contributed by atoms with E-state index in [-0.39, 0.29) is 18.9 Å². The number of ether oxygens (including phenoxy) is 2. The number of sulfonamides is 2. The summed E-state index contributed by atoms with van der Waals surface area (Å²) in [4.78, 5) is 22.7. The van der Waals surface area contributed by atoms with Crippen LogP contribution in [-0.4, -0.2) is 54.6 Å². The predicted molar refractivity (Wildman–Crippen MR) is 180 cm³/mol. The minimum absolute atomic E-state index is 0. The van der Waals surface area contributed by atoms with Crippen molar-refractivity contribution in [3.05, 3.63) is 6.92 Å². The van der Waals surface area contributed by atoms with E-state index in [0.29, 0.717) is 38.0 Å². The van der Waals surface area contributed by atoms with Crippen molar-refractivity contribution in [3.8, 4) is 0 Å². The van der Waals surface area contributed by atoms with Crippen LogP contribution in [0.1, 0.15) is 132 Å². The Kier molecular flexibility index (Phi) is 18.8. The van der Waals surface area contributed by atoms with Crippen LogP contribution in [0, 0.1) is 18.8 Å². The fraction of sp³-hybridized carbons (Fsp3) is 0.900. The van der Waals surface area contributed by atoms with Gasteiger partial charge in [0.15, 0.2) is 0 Å². The molecule has 0 bridgehead atoms. The molecule has 0 spiro atoms. The first-order chi connectivity index (χ1) is 19.7. The number of amides is 2. The standard InChI is InChI=1S/C13H23NO4S.C8H15NO4S.C5H9I.C4H9.Li/c1-12(2,3)18-11(15)14-19(16,17)13(7-8-13)9-10-5-4-6-10;1-8(2,3)13-7(10)9-14(11,12)6-4-5-6;6-4-5-2-1-3-5;1-3-4-2;/h10H,4-9H2,1-3H3,(H,14,15);6H,4-5H2,1-3H3,(H,9,10);5H,1-4H2;1,3-4H2,2H3;/q;;;-1;+1. The van der Waals surface area contributed by atoms with Crippen molar-refractivity contribution < 1.29 is 54.8 Å². The molecule has 4 rings (SSSR count). The summed E-state index contributed by atoms with van der Waals surface area (Å²) in [5.74, 6) is 1.61. The van der Waals surface area contributed by atoms with Gasteiger partial charge in [0.25, 0.3) is 0 Å². The molecule has 254 valence electrons.